The van der Waals surface area contributed by atoms with Gasteiger partial charge in [0.05, 0.1) is 12.4 Å². The summed E-state index contributed by atoms with van der Waals surface area (Å²) in [6, 6.07) is 0. The maximum atomic E-state index is 10.6. The number of nitrogens with zero attached hydrogens (tertiary/aromatic N) is 1. The van der Waals surface area contributed by atoms with Crippen molar-refractivity contribution in [1.29, 1.82) is 0 Å². The van der Waals surface area contributed by atoms with Crippen LogP contribution in [0.1, 0.15) is 6.92 Å². The summed E-state index contributed by atoms with van der Waals surface area (Å²) in [5.41, 5.74) is 5.27. The molecule has 0 aromatic rings. The molecule has 0 radical (unpaired) electrons. The van der Waals surface area contributed by atoms with Crippen molar-refractivity contribution in [3.05, 3.63) is 0 Å². The van der Waals surface area contributed by atoms with Crippen LogP contribution in [0.15, 0.2) is 0 Å². The van der Waals surface area contributed by atoms with Crippen molar-refractivity contribution in [2.75, 3.05) is 13.3 Å². The fraction of sp³-hybridized carbons (Fsp3) is 1.00. The molecule has 1 atom stereocenters. The molecule has 0 aliphatic carbocycles. The molecule has 0 rings (SSSR count). The average Bonchev–Trinajstić information content (AvgIpc) is 1.62. The van der Waals surface area contributed by atoms with E-state index in [1.165, 1.54) is 7.05 Å². The van der Waals surface area contributed by atoms with Crippen LogP contribution in [-0.2, 0) is 10.0 Å². The summed E-state index contributed by atoms with van der Waals surface area (Å²) in [4.78, 5) is 0. The molecule has 10 heavy (non-hydrogen) atoms. The van der Waals surface area contributed by atoms with Gasteiger partial charge in [0.2, 0.25) is 10.0 Å². The maximum Gasteiger partial charge on any atom is 0.212 e. The Kier molecular flexibility index (Phi) is 5.28. The number of nitrogens with two attached hydrogens (primary N) is 1. The predicted octanol–water partition coefficient (Wildman–Crippen LogP) is -0.396. The van der Waals surface area contributed by atoms with Crippen molar-refractivity contribution < 1.29 is 8.42 Å². The molecule has 1 unspecified atom stereocenters. The van der Waals surface area contributed by atoms with E-state index in [0.717, 1.165) is 10.6 Å². The summed E-state index contributed by atoms with van der Waals surface area (Å²) in [5, 5.41) is 0. The average molecular weight is 189 g/mol. The standard InChI is InChI=1S/C4H12N2O2S.ClH/c1-4(5)6(2)9(3,7)8;/h4H,5H2,1-3H3;1H. The fourth-order valence-electron chi connectivity index (χ4n) is 0.302. The lowest BCUT2D eigenvalue weighted by Crippen LogP contribution is -2.39. The molecule has 0 heterocycles. The second kappa shape index (κ2) is 4.12. The highest BCUT2D eigenvalue weighted by Gasteiger charge is 2.13. The molecule has 0 aromatic heterocycles. The molecule has 0 fully saturated rings. The lowest BCUT2D eigenvalue weighted by molar-refractivity contribution is 0.401. The molecule has 0 bridgehead atoms. The molecule has 6 heteroatoms. The maximum absolute atomic E-state index is 10.6. The summed E-state index contributed by atoms with van der Waals surface area (Å²) in [5.74, 6) is 0. The number of sulfonamides is 1. The van der Waals surface area contributed by atoms with E-state index >= 15 is 0 Å². The Balaban J connectivity index is 0. The Bertz CT molecular complexity index is 178. The molecule has 0 aliphatic rings. The van der Waals surface area contributed by atoms with Crippen LogP contribution in [0.2, 0.25) is 0 Å². The van der Waals surface area contributed by atoms with E-state index in [1.54, 1.807) is 6.92 Å². The van der Waals surface area contributed by atoms with Gasteiger partial charge >= 0.3 is 0 Å². The highest BCUT2D eigenvalue weighted by molar-refractivity contribution is 7.88. The van der Waals surface area contributed by atoms with Gasteiger partial charge in [-0.15, -0.1) is 12.4 Å². The summed E-state index contributed by atoms with van der Waals surface area (Å²) in [6.45, 7) is 1.61. The minimum absolute atomic E-state index is 0. The molecule has 0 aromatic carbocycles. The van der Waals surface area contributed by atoms with Crippen LogP contribution in [0.4, 0.5) is 0 Å². The lowest BCUT2D eigenvalue weighted by atomic mass is 10.6. The van der Waals surface area contributed by atoms with E-state index in [0.29, 0.717) is 0 Å². The fourth-order valence-corrected chi connectivity index (χ4v) is 0.906. The van der Waals surface area contributed by atoms with Crippen molar-refractivity contribution in [2.24, 2.45) is 5.73 Å². The number of hydrogen-bond donors (Lipinski definition) is 1. The smallest absolute Gasteiger partial charge is 0.212 e. The monoisotopic (exact) mass is 188 g/mol. The largest absolute Gasteiger partial charge is 0.315 e. The van der Waals surface area contributed by atoms with Gasteiger partial charge in [0, 0.05) is 7.05 Å². The van der Waals surface area contributed by atoms with Crippen molar-refractivity contribution >= 4 is 22.4 Å². The third-order valence-electron chi connectivity index (χ3n) is 1.10. The normalized spacial score (nSPS) is 14.5. The minimum Gasteiger partial charge on any atom is -0.315 e. The SMILES string of the molecule is CC(N)N(C)S(C)(=O)=O.Cl. The summed E-state index contributed by atoms with van der Waals surface area (Å²) < 4.78 is 22.3. The van der Waals surface area contributed by atoms with E-state index in [9.17, 15) is 8.42 Å². The topological polar surface area (TPSA) is 63.4 Å². The molecule has 0 saturated heterocycles. The minimum atomic E-state index is -3.09. The predicted molar refractivity (Wildman–Crippen MR) is 43.5 cm³/mol. The Morgan fingerprint density at radius 1 is 1.50 bits per heavy atom. The summed E-state index contributed by atoms with van der Waals surface area (Å²) in [6.07, 6.45) is 0.677. The van der Waals surface area contributed by atoms with E-state index in [1.807, 2.05) is 0 Å². The molecule has 0 spiro atoms. The van der Waals surface area contributed by atoms with Gasteiger partial charge in [-0.1, -0.05) is 0 Å². The number of hydrogen-bond acceptors (Lipinski definition) is 3. The third kappa shape index (κ3) is 4.05. The number of rotatable bonds is 2. The molecule has 0 saturated carbocycles. The first-order valence-electron chi connectivity index (χ1n) is 2.54. The Morgan fingerprint density at radius 3 is 1.80 bits per heavy atom. The third-order valence-corrected chi connectivity index (χ3v) is 2.48. The van der Waals surface area contributed by atoms with Gasteiger partial charge in [-0.25, -0.2) is 8.42 Å². The first-order valence-corrected chi connectivity index (χ1v) is 4.39. The van der Waals surface area contributed by atoms with Gasteiger partial charge in [0.1, 0.15) is 0 Å². The van der Waals surface area contributed by atoms with Crippen molar-refractivity contribution in [2.45, 2.75) is 13.1 Å². The molecule has 0 aliphatic heterocycles. The molecule has 4 nitrogen and oxygen atoms in total. The van der Waals surface area contributed by atoms with E-state index < -0.39 is 16.2 Å². The molecule has 2 N–H and O–H groups in total. The highest BCUT2D eigenvalue weighted by Crippen LogP contribution is 1.94. The van der Waals surface area contributed by atoms with E-state index in [-0.39, 0.29) is 12.4 Å². The summed E-state index contributed by atoms with van der Waals surface area (Å²) in [7, 11) is -1.65. The van der Waals surface area contributed by atoms with Gasteiger partial charge in [-0.3, -0.25) is 0 Å². The van der Waals surface area contributed by atoms with Gasteiger partial charge in [-0.05, 0) is 6.92 Å². The summed E-state index contributed by atoms with van der Waals surface area (Å²) >= 11 is 0. The first kappa shape index (κ1) is 12.8. The van der Waals surface area contributed by atoms with Crippen LogP contribution >= 0.6 is 12.4 Å². The molecular weight excluding hydrogens is 176 g/mol. The zero-order valence-corrected chi connectivity index (χ0v) is 7.87. The van der Waals surface area contributed by atoms with Crippen molar-refractivity contribution in [3.63, 3.8) is 0 Å². The number of halogens is 1. The van der Waals surface area contributed by atoms with Gasteiger partial charge in [0.25, 0.3) is 0 Å². The van der Waals surface area contributed by atoms with Gasteiger partial charge in [-0.2, -0.15) is 4.31 Å². The van der Waals surface area contributed by atoms with Crippen LogP contribution in [0.25, 0.3) is 0 Å². The first-order chi connectivity index (χ1) is 3.85. The quantitative estimate of drug-likeness (QED) is 0.601. The Labute approximate surface area is 67.8 Å². The van der Waals surface area contributed by atoms with Crippen LogP contribution in [0, 0.1) is 0 Å². The Morgan fingerprint density at radius 2 is 1.80 bits per heavy atom. The van der Waals surface area contributed by atoms with Crippen LogP contribution in [-0.4, -0.2) is 32.2 Å². The molecule has 0 amide bonds. The van der Waals surface area contributed by atoms with Crippen LogP contribution in [0.3, 0.4) is 0 Å². The van der Waals surface area contributed by atoms with E-state index in [4.69, 9.17) is 5.73 Å². The van der Waals surface area contributed by atoms with Crippen LogP contribution < -0.4 is 5.73 Å². The second-order valence-electron chi connectivity index (χ2n) is 2.02. The zero-order chi connectivity index (χ0) is 7.65. The van der Waals surface area contributed by atoms with E-state index in [2.05, 4.69) is 0 Å². The molecular formula is C4H13ClN2O2S. The zero-order valence-electron chi connectivity index (χ0n) is 6.23. The second-order valence-corrected chi connectivity index (χ2v) is 4.06. The Hall–Kier alpha value is 0.160. The van der Waals surface area contributed by atoms with Gasteiger partial charge in [0.15, 0.2) is 0 Å². The molecule has 64 valence electrons. The van der Waals surface area contributed by atoms with Crippen LogP contribution in [0.5, 0.6) is 0 Å². The van der Waals surface area contributed by atoms with Crippen molar-refractivity contribution in [1.82, 2.24) is 4.31 Å². The van der Waals surface area contributed by atoms with Gasteiger partial charge < -0.3 is 5.73 Å². The lowest BCUT2D eigenvalue weighted by Gasteiger charge is -2.17. The van der Waals surface area contributed by atoms with Crippen molar-refractivity contribution in [3.8, 4) is 0 Å². The highest BCUT2D eigenvalue weighted by atomic mass is 35.5.